The number of carbonyl (C=O) groups excluding carboxylic acids is 2. The molecule has 4 aromatic rings. The number of amides is 2. The first kappa shape index (κ1) is 20.7. The van der Waals surface area contributed by atoms with E-state index in [-0.39, 0.29) is 11.8 Å². The zero-order chi connectivity index (χ0) is 21.8. The zero-order valence-corrected chi connectivity index (χ0v) is 18.4. The van der Waals surface area contributed by atoms with Crippen molar-refractivity contribution >= 4 is 66.7 Å². The summed E-state index contributed by atoms with van der Waals surface area (Å²) < 4.78 is 6.23. The summed E-state index contributed by atoms with van der Waals surface area (Å²) in [4.78, 5) is 34.9. The quantitative estimate of drug-likeness (QED) is 0.413. The predicted octanol–water partition coefficient (Wildman–Crippen LogP) is 5.10. The number of thiazole rings is 2. The van der Waals surface area contributed by atoms with Gasteiger partial charge in [0.15, 0.2) is 10.3 Å². The smallest absolute Gasteiger partial charge is 0.250 e. The second-order valence-electron chi connectivity index (χ2n) is 6.39. The molecule has 1 N–H and O–H groups in total. The van der Waals surface area contributed by atoms with E-state index in [1.807, 2.05) is 48.5 Å². The van der Waals surface area contributed by atoms with Crippen molar-refractivity contribution in [1.29, 1.82) is 0 Å². The molecule has 2 amide bonds. The van der Waals surface area contributed by atoms with E-state index in [0.717, 1.165) is 10.4 Å². The average Bonchev–Trinajstić information content (AvgIpc) is 3.39. The van der Waals surface area contributed by atoms with Crippen molar-refractivity contribution in [2.24, 2.45) is 0 Å². The molecule has 0 fully saturated rings. The molecule has 0 saturated heterocycles. The van der Waals surface area contributed by atoms with E-state index in [2.05, 4.69) is 15.3 Å². The van der Waals surface area contributed by atoms with Crippen LogP contribution in [0.4, 0.5) is 16.0 Å². The van der Waals surface area contributed by atoms with Gasteiger partial charge in [-0.05, 0) is 30.3 Å². The fraction of sp³-hybridized carbons (Fsp3) is 0.0909. The van der Waals surface area contributed by atoms with Crippen molar-refractivity contribution in [1.82, 2.24) is 9.97 Å². The van der Waals surface area contributed by atoms with Gasteiger partial charge in [0.2, 0.25) is 11.8 Å². The Morgan fingerprint density at radius 2 is 1.90 bits per heavy atom. The van der Waals surface area contributed by atoms with Crippen LogP contribution in [0.25, 0.3) is 16.3 Å². The molecule has 4 rings (SSSR count). The molecule has 0 saturated carbocycles. The Balaban J connectivity index is 1.47. The van der Waals surface area contributed by atoms with Crippen molar-refractivity contribution < 1.29 is 14.3 Å². The number of hydrogen-bond donors (Lipinski definition) is 1. The minimum atomic E-state index is -0.320. The maximum atomic E-state index is 12.3. The molecular formula is C22H18N4O3S2. The van der Waals surface area contributed by atoms with E-state index >= 15 is 0 Å². The van der Waals surface area contributed by atoms with Gasteiger partial charge in [-0.3, -0.25) is 19.8 Å². The number of nitrogens with one attached hydrogen (secondary N) is 1. The summed E-state index contributed by atoms with van der Waals surface area (Å²) in [5, 5.41) is 5.58. The van der Waals surface area contributed by atoms with Gasteiger partial charge in [0.1, 0.15) is 11.3 Å². The number of hydrogen-bond acceptors (Lipinski definition) is 7. The number of nitrogens with zero attached hydrogens (tertiary/aromatic N) is 3. The number of aromatic nitrogens is 2. The number of carbonyl (C=O) groups is 2. The summed E-state index contributed by atoms with van der Waals surface area (Å²) >= 11 is 2.70. The largest absolute Gasteiger partial charge is 0.494 e. The highest BCUT2D eigenvalue weighted by molar-refractivity contribution is 7.22. The molecule has 2 aromatic carbocycles. The van der Waals surface area contributed by atoms with Crippen LogP contribution in [0.15, 0.2) is 60.0 Å². The van der Waals surface area contributed by atoms with Crippen molar-refractivity contribution in [3.05, 3.63) is 65.7 Å². The van der Waals surface area contributed by atoms with Crippen LogP contribution >= 0.6 is 22.7 Å². The van der Waals surface area contributed by atoms with Gasteiger partial charge in [-0.1, -0.05) is 35.6 Å². The van der Waals surface area contributed by atoms with Crippen molar-refractivity contribution in [2.75, 3.05) is 17.3 Å². The van der Waals surface area contributed by atoms with Crippen molar-refractivity contribution in [3.63, 3.8) is 0 Å². The number of para-hydroxylation sites is 2. The fourth-order valence-corrected chi connectivity index (χ4v) is 4.65. The lowest BCUT2D eigenvalue weighted by Gasteiger charge is -2.17. The minimum absolute atomic E-state index is 0.139. The van der Waals surface area contributed by atoms with Gasteiger partial charge < -0.3 is 4.74 Å². The molecule has 156 valence electrons. The Morgan fingerprint density at radius 1 is 1.10 bits per heavy atom. The SMILES string of the molecule is COc1cccc2sc(NC(=O)/C=C/c3csc(N(C(C)=O)c4ccccc4)n3)nc12. The lowest BCUT2D eigenvalue weighted by atomic mass is 10.3. The summed E-state index contributed by atoms with van der Waals surface area (Å²) in [7, 11) is 1.59. The standard InChI is InChI=1S/C22H18N4O3S2/c1-14(27)26(16-7-4-3-5-8-16)22-23-15(13-30-22)11-12-19(28)24-21-25-20-17(29-2)9-6-10-18(20)31-21/h3-13H,1-2H3,(H,24,25,28)/b12-11+. The van der Waals surface area contributed by atoms with E-state index in [4.69, 9.17) is 4.74 Å². The summed E-state index contributed by atoms with van der Waals surface area (Å²) in [6, 6.07) is 14.9. The van der Waals surface area contributed by atoms with Crippen LogP contribution in [0.3, 0.4) is 0 Å². The molecular weight excluding hydrogens is 432 g/mol. The van der Waals surface area contributed by atoms with Crippen molar-refractivity contribution in [2.45, 2.75) is 6.92 Å². The Bertz CT molecular complexity index is 1260. The Hall–Kier alpha value is -3.56. The lowest BCUT2D eigenvalue weighted by molar-refractivity contribution is -0.116. The summed E-state index contributed by atoms with van der Waals surface area (Å²) in [6.45, 7) is 1.49. The number of fused-ring (bicyclic) bond motifs is 1. The average molecular weight is 451 g/mol. The molecule has 0 bridgehead atoms. The predicted molar refractivity (Wildman–Crippen MR) is 125 cm³/mol. The van der Waals surface area contributed by atoms with Crippen LogP contribution < -0.4 is 15.0 Å². The van der Waals surface area contributed by atoms with Crippen LogP contribution in [0.1, 0.15) is 12.6 Å². The monoisotopic (exact) mass is 450 g/mol. The topological polar surface area (TPSA) is 84.4 Å². The van der Waals surface area contributed by atoms with Crippen LogP contribution in [0.2, 0.25) is 0 Å². The first-order valence-corrected chi connectivity index (χ1v) is 11.0. The summed E-state index contributed by atoms with van der Waals surface area (Å²) in [5.41, 5.74) is 2.04. The lowest BCUT2D eigenvalue weighted by Crippen LogP contribution is -2.22. The highest BCUT2D eigenvalue weighted by Gasteiger charge is 2.17. The molecule has 0 aliphatic heterocycles. The minimum Gasteiger partial charge on any atom is -0.494 e. The van der Waals surface area contributed by atoms with Crippen LogP contribution in [-0.4, -0.2) is 28.9 Å². The molecule has 0 unspecified atom stereocenters. The number of ether oxygens (including phenoxy) is 1. The van der Waals surface area contributed by atoms with Crippen molar-refractivity contribution in [3.8, 4) is 5.75 Å². The maximum Gasteiger partial charge on any atom is 0.250 e. The second kappa shape index (κ2) is 9.07. The third-order valence-electron chi connectivity index (χ3n) is 4.27. The molecule has 0 radical (unpaired) electrons. The molecule has 0 aliphatic carbocycles. The van der Waals surface area contributed by atoms with E-state index < -0.39 is 0 Å². The Kier molecular flexibility index (Phi) is 6.06. The van der Waals surface area contributed by atoms with Gasteiger partial charge in [0, 0.05) is 18.4 Å². The first-order valence-electron chi connectivity index (χ1n) is 9.29. The Labute approximate surface area is 186 Å². The number of rotatable bonds is 6. The van der Waals surface area contributed by atoms with Crippen LogP contribution in [-0.2, 0) is 9.59 Å². The third-order valence-corrected chi connectivity index (χ3v) is 6.05. The highest BCUT2D eigenvalue weighted by Crippen LogP contribution is 2.32. The fourth-order valence-electron chi connectivity index (χ4n) is 2.91. The summed E-state index contributed by atoms with van der Waals surface area (Å²) in [5.74, 6) is 0.201. The van der Waals surface area contributed by atoms with E-state index in [1.165, 1.54) is 40.6 Å². The van der Waals surface area contributed by atoms with Crippen LogP contribution in [0, 0.1) is 0 Å². The molecule has 0 aliphatic rings. The van der Waals surface area contributed by atoms with Gasteiger partial charge in [-0.15, -0.1) is 11.3 Å². The van der Waals surface area contributed by atoms with Gasteiger partial charge >= 0.3 is 0 Å². The second-order valence-corrected chi connectivity index (χ2v) is 8.26. The highest BCUT2D eigenvalue weighted by atomic mass is 32.1. The van der Waals surface area contributed by atoms with E-state index in [1.54, 1.807) is 18.6 Å². The van der Waals surface area contributed by atoms with Gasteiger partial charge in [0.05, 0.1) is 23.2 Å². The Morgan fingerprint density at radius 3 is 2.65 bits per heavy atom. The molecule has 7 nitrogen and oxygen atoms in total. The normalized spacial score (nSPS) is 11.0. The molecule has 0 spiro atoms. The molecule has 2 heterocycles. The van der Waals surface area contributed by atoms with E-state index in [0.29, 0.717) is 27.2 Å². The maximum absolute atomic E-state index is 12.3. The number of anilines is 3. The summed E-state index contributed by atoms with van der Waals surface area (Å²) in [6.07, 6.45) is 3.00. The first-order chi connectivity index (χ1) is 15.0. The van der Waals surface area contributed by atoms with Crippen LogP contribution in [0.5, 0.6) is 5.75 Å². The molecule has 2 aromatic heterocycles. The number of benzene rings is 2. The van der Waals surface area contributed by atoms with E-state index in [9.17, 15) is 9.59 Å². The molecule has 0 atom stereocenters. The zero-order valence-electron chi connectivity index (χ0n) is 16.7. The van der Waals surface area contributed by atoms with Gasteiger partial charge in [0.25, 0.3) is 0 Å². The third kappa shape index (κ3) is 4.62. The molecule has 9 heteroatoms. The number of methoxy groups -OCH3 is 1. The van der Waals surface area contributed by atoms with Gasteiger partial charge in [-0.2, -0.15) is 0 Å². The van der Waals surface area contributed by atoms with Gasteiger partial charge in [-0.25, -0.2) is 9.97 Å². The molecule has 31 heavy (non-hydrogen) atoms.